The van der Waals surface area contributed by atoms with Gasteiger partial charge in [0.25, 0.3) is 0 Å². The Hall–Kier alpha value is -2.76. The van der Waals surface area contributed by atoms with Crippen LogP contribution < -0.4 is 10.1 Å². The zero-order valence-corrected chi connectivity index (χ0v) is 14.0. The lowest BCUT2D eigenvalue weighted by Crippen LogP contribution is -2.46. The number of furan rings is 1. The molecule has 2 aromatic rings. The van der Waals surface area contributed by atoms with Gasteiger partial charge >= 0.3 is 0 Å². The summed E-state index contributed by atoms with van der Waals surface area (Å²) < 4.78 is 10.8. The van der Waals surface area contributed by atoms with Crippen LogP contribution in [0, 0.1) is 0 Å². The summed E-state index contributed by atoms with van der Waals surface area (Å²) in [4.78, 5) is 26.5. The largest absolute Gasteiger partial charge is 0.493 e. The fourth-order valence-corrected chi connectivity index (χ4v) is 2.96. The zero-order chi connectivity index (χ0) is 17.5. The van der Waals surface area contributed by atoms with Crippen LogP contribution in [0.4, 0.5) is 0 Å². The van der Waals surface area contributed by atoms with Crippen LogP contribution in [-0.4, -0.2) is 35.9 Å². The molecule has 1 aromatic carbocycles. The molecule has 1 N–H and O–H groups in total. The van der Waals surface area contributed by atoms with Crippen molar-refractivity contribution in [1.29, 1.82) is 0 Å². The van der Waals surface area contributed by atoms with Gasteiger partial charge in [0.05, 0.1) is 25.8 Å². The molecule has 0 bridgehead atoms. The first-order chi connectivity index (χ1) is 12.2. The van der Waals surface area contributed by atoms with Crippen LogP contribution in [0.15, 0.2) is 53.1 Å². The molecule has 6 nitrogen and oxygen atoms in total. The fourth-order valence-electron chi connectivity index (χ4n) is 2.96. The van der Waals surface area contributed by atoms with E-state index in [4.69, 9.17) is 9.15 Å². The normalized spacial score (nSPS) is 16.6. The van der Waals surface area contributed by atoms with Crippen molar-refractivity contribution in [2.75, 3.05) is 13.2 Å². The van der Waals surface area contributed by atoms with Gasteiger partial charge in [0.2, 0.25) is 11.8 Å². The average Bonchev–Trinajstić information content (AvgIpc) is 3.32. The molecular formula is C19H22N2O4. The third kappa shape index (κ3) is 4.62. The van der Waals surface area contributed by atoms with E-state index in [1.165, 1.54) is 0 Å². The molecule has 0 unspecified atom stereocenters. The molecule has 0 spiro atoms. The molecule has 1 aliphatic heterocycles. The molecule has 1 fully saturated rings. The van der Waals surface area contributed by atoms with Gasteiger partial charge in [-0.15, -0.1) is 0 Å². The van der Waals surface area contributed by atoms with Gasteiger partial charge in [-0.25, -0.2) is 0 Å². The van der Waals surface area contributed by atoms with Gasteiger partial charge in [-0.2, -0.15) is 0 Å². The van der Waals surface area contributed by atoms with Gasteiger partial charge in [-0.3, -0.25) is 9.59 Å². The van der Waals surface area contributed by atoms with Crippen molar-refractivity contribution in [3.8, 4) is 5.75 Å². The highest BCUT2D eigenvalue weighted by atomic mass is 16.5. The minimum Gasteiger partial charge on any atom is -0.493 e. The van der Waals surface area contributed by atoms with E-state index >= 15 is 0 Å². The Balaban J connectivity index is 1.46. The molecule has 1 aromatic heterocycles. The summed E-state index contributed by atoms with van der Waals surface area (Å²) in [5.41, 5.74) is 0. The molecule has 0 saturated carbocycles. The van der Waals surface area contributed by atoms with E-state index < -0.39 is 6.04 Å². The van der Waals surface area contributed by atoms with E-state index in [-0.39, 0.29) is 18.2 Å². The van der Waals surface area contributed by atoms with Crippen molar-refractivity contribution in [2.45, 2.75) is 31.8 Å². The first-order valence-electron chi connectivity index (χ1n) is 8.51. The van der Waals surface area contributed by atoms with E-state index in [0.29, 0.717) is 31.9 Å². The summed E-state index contributed by atoms with van der Waals surface area (Å²) >= 11 is 0. The molecule has 0 radical (unpaired) electrons. The molecule has 1 saturated heterocycles. The van der Waals surface area contributed by atoms with E-state index in [2.05, 4.69) is 5.32 Å². The second-order valence-electron chi connectivity index (χ2n) is 5.95. The number of rotatable bonds is 7. The lowest BCUT2D eigenvalue weighted by atomic mass is 10.2. The van der Waals surface area contributed by atoms with Crippen LogP contribution >= 0.6 is 0 Å². The van der Waals surface area contributed by atoms with Crippen LogP contribution in [0.3, 0.4) is 0 Å². The SMILES string of the molecule is O=C(NCc1ccco1)[C@@H]1CCCN1C(=O)CCOc1ccccc1. The first-order valence-corrected chi connectivity index (χ1v) is 8.51. The van der Waals surface area contributed by atoms with Crippen molar-refractivity contribution in [3.05, 3.63) is 54.5 Å². The standard InChI is InChI=1S/C19H22N2O4/c22-18(10-13-25-15-6-2-1-3-7-15)21-11-4-9-17(21)19(23)20-14-16-8-5-12-24-16/h1-3,5-8,12,17H,4,9-11,13-14H2,(H,20,23)/t17-/m0/s1. The molecular weight excluding hydrogens is 320 g/mol. The minimum absolute atomic E-state index is 0.0495. The number of carbonyl (C=O) groups is 2. The number of benzene rings is 1. The van der Waals surface area contributed by atoms with Crippen LogP contribution in [0.1, 0.15) is 25.0 Å². The van der Waals surface area contributed by atoms with Crippen molar-refractivity contribution in [2.24, 2.45) is 0 Å². The molecule has 6 heteroatoms. The van der Waals surface area contributed by atoms with Crippen molar-refractivity contribution in [1.82, 2.24) is 10.2 Å². The van der Waals surface area contributed by atoms with E-state index in [1.54, 1.807) is 23.3 Å². The average molecular weight is 342 g/mol. The van der Waals surface area contributed by atoms with E-state index in [1.807, 2.05) is 30.3 Å². The third-order valence-corrected chi connectivity index (χ3v) is 4.22. The lowest BCUT2D eigenvalue weighted by molar-refractivity contribution is -0.138. The Labute approximate surface area is 146 Å². The van der Waals surface area contributed by atoms with Crippen LogP contribution in [0.25, 0.3) is 0 Å². The number of hydrogen-bond acceptors (Lipinski definition) is 4. The molecule has 132 valence electrons. The summed E-state index contributed by atoms with van der Waals surface area (Å²) in [7, 11) is 0. The second kappa shape index (κ2) is 8.37. The number of ether oxygens (including phenoxy) is 1. The third-order valence-electron chi connectivity index (χ3n) is 4.22. The van der Waals surface area contributed by atoms with Crippen LogP contribution in [-0.2, 0) is 16.1 Å². The summed E-state index contributed by atoms with van der Waals surface area (Å²) in [6.45, 7) is 1.25. The summed E-state index contributed by atoms with van der Waals surface area (Å²) in [6, 6.07) is 12.6. The fraction of sp³-hybridized carbons (Fsp3) is 0.368. The molecule has 2 amide bonds. The van der Waals surface area contributed by atoms with E-state index in [0.717, 1.165) is 12.2 Å². The Morgan fingerprint density at radius 1 is 1.20 bits per heavy atom. The van der Waals surface area contributed by atoms with Crippen molar-refractivity contribution in [3.63, 3.8) is 0 Å². The lowest BCUT2D eigenvalue weighted by Gasteiger charge is -2.24. The minimum atomic E-state index is -0.404. The van der Waals surface area contributed by atoms with E-state index in [9.17, 15) is 9.59 Å². The molecule has 3 rings (SSSR count). The number of para-hydroxylation sites is 1. The Bertz CT molecular complexity index is 685. The van der Waals surface area contributed by atoms with Gasteiger partial charge in [-0.1, -0.05) is 18.2 Å². The maximum Gasteiger partial charge on any atom is 0.243 e. The number of hydrogen-bond donors (Lipinski definition) is 1. The number of likely N-dealkylation sites (tertiary alicyclic amines) is 1. The molecule has 0 aliphatic carbocycles. The number of nitrogens with one attached hydrogen (secondary N) is 1. The molecule has 25 heavy (non-hydrogen) atoms. The number of amides is 2. The van der Waals surface area contributed by atoms with Crippen molar-refractivity contribution < 1.29 is 18.7 Å². The Morgan fingerprint density at radius 2 is 2.04 bits per heavy atom. The highest BCUT2D eigenvalue weighted by Gasteiger charge is 2.33. The molecule has 1 atom stereocenters. The number of nitrogens with zero attached hydrogens (tertiary/aromatic N) is 1. The smallest absolute Gasteiger partial charge is 0.243 e. The summed E-state index contributed by atoms with van der Waals surface area (Å²) in [5.74, 6) is 1.25. The predicted molar refractivity (Wildman–Crippen MR) is 91.8 cm³/mol. The highest BCUT2D eigenvalue weighted by molar-refractivity contribution is 5.88. The second-order valence-corrected chi connectivity index (χ2v) is 5.95. The molecule has 2 heterocycles. The molecule has 1 aliphatic rings. The van der Waals surface area contributed by atoms with Gasteiger partial charge in [-0.05, 0) is 37.1 Å². The predicted octanol–water partition coefficient (Wildman–Crippen LogP) is 2.36. The quantitative estimate of drug-likeness (QED) is 0.838. The summed E-state index contributed by atoms with van der Waals surface area (Å²) in [6.07, 6.45) is 3.36. The topological polar surface area (TPSA) is 71.8 Å². The van der Waals surface area contributed by atoms with Gasteiger partial charge in [0.1, 0.15) is 17.6 Å². The van der Waals surface area contributed by atoms with Crippen LogP contribution in [0.2, 0.25) is 0 Å². The van der Waals surface area contributed by atoms with Gasteiger partial charge in [0, 0.05) is 6.54 Å². The van der Waals surface area contributed by atoms with Gasteiger partial charge < -0.3 is 19.4 Å². The summed E-state index contributed by atoms with van der Waals surface area (Å²) in [5, 5.41) is 2.84. The Morgan fingerprint density at radius 3 is 2.80 bits per heavy atom. The first kappa shape index (κ1) is 17.1. The maximum absolute atomic E-state index is 12.4. The highest BCUT2D eigenvalue weighted by Crippen LogP contribution is 2.19. The Kier molecular flexibility index (Phi) is 5.72. The zero-order valence-electron chi connectivity index (χ0n) is 14.0. The van der Waals surface area contributed by atoms with Crippen LogP contribution in [0.5, 0.6) is 5.75 Å². The number of carbonyl (C=O) groups excluding carboxylic acids is 2. The monoisotopic (exact) mass is 342 g/mol. The maximum atomic E-state index is 12.4. The van der Waals surface area contributed by atoms with Crippen molar-refractivity contribution >= 4 is 11.8 Å². The van der Waals surface area contributed by atoms with Gasteiger partial charge in [0.15, 0.2) is 0 Å².